The number of carbonyl (C=O) groups excluding carboxylic acids is 2. The number of ether oxygens (including phenoxy) is 1. The number of nitrogens with zero attached hydrogens (tertiary/aromatic N) is 3. The molecule has 0 saturated carbocycles. The average Bonchev–Trinajstić information content (AvgIpc) is 3.34. The number of esters is 1. The zero-order valence-electron chi connectivity index (χ0n) is 20.5. The Morgan fingerprint density at radius 1 is 1.03 bits per heavy atom. The van der Waals surface area contributed by atoms with Crippen molar-refractivity contribution in [2.75, 3.05) is 0 Å². The molecule has 3 aromatic heterocycles. The molecule has 0 bridgehead atoms. The second-order valence-electron chi connectivity index (χ2n) is 10.1. The molecule has 0 spiro atoms. The summed E-state index contributed by atoms with van der Waals surface area (Å²) in [5.41, 5.74) is 0.810. The molecular formula is C25H31N3O4S2. The standard InChI is InChI=1S/C25H31N3O4S2/c1-24(2,3)20-14-27-21(31-20)15-33-23-28-13-19(34-23)12-18(29)10-16-7-8-26-17(9-16)11-22(30)32-25(4,5)6/h7-9,13-14H,10-12,15H2,1-6H3. The summed E-state index contributed by atoms with van der Waals surface area (Å²) in [6, 6.07) is 3.59. The maximum absolute atomic E-state index is 12.6. The topological polar surface area (TPSA) is 95.2 Å². The fourth-order valence-electron chi connectivity index (χ4n) is 3.03. The van der Waals surface area contributed by atoms with E-state index in [2.05, 4.69) is 35.7 Å². The van der Waals surface area contributed by atoms with Crippen LogP contribution in [0.15, 0.2) is 39.5 Å². The van der Waals surface area contributed by atoms with E-state index in [4.69, 9.17) is 9.15 Å². The van der Waals surface area contributed by atoms with Gasteiger partial charge in [-0.3, -0.25) is 14.6 Å². The Hall–Kier alpha value is -2.52. The van der Waals surface area contributed by atoms with Crippen molar-refractivity contribution in [1.82, 2.24) is 15.0 Å². The SMILES string of the molecule is CC(C)(C)OC(=O)Cc1cc(CC(=O)Cc2cnc(SCc3ncc(C(C)(C)C)o3)s2)ccn1. The molecule has 0 aromatic carbocycles. The van der Waals surface area contributed by atoms with Crippen molar-refractivity contribution in [2.24, 2.45) is 0 Å². The lowest BCUT2D eigenvalue weighted by Crippen LogP contribution is -2.25. The average molecular weight is 502 g/mol. The highest BCUT2D eigenvalue weighted by atomic mass is 32.2. The number of thioether (sulfide) groups is 1. The van der Waals surface area contributed by atoms with E-state index in [0.29, 0.717) is 23.8 Å². The summed E-state index contributed by atoms with van der Waals surface area (Å²) in [5.74, 6) is 1.87. The molecule has 0 N–H and O–H groups in total. The lowest BCUT2D eigenvalue weighted by molar-refractivity contribution is -0.154. The molecule has 3 heterocycles. The first-order valence-corrected chi connectivity index (χ1v) is 12.9. The third kappa shape index (κ3) is 8.36. The van der Waals surface area contributed by atoms with Gasteiger partial charge in [-0.05, 0) is 38.5 Å². The number of hydrogen-bond donors (Lipinski definition) is 0. The minimum atomic E-state index is -0.541. The summed E-state index contributed by atoms with van der Waals surface area (Å²) in [5, 5.41) is 0. The van der Waals surface area contributed by atoms with Gasteiger partial charge in [-0.25, -0.2) is 9.97 Å². The van der Waals surface area contributed by atoms with Gasteiger partial charge in [-0.2, -0.15) is 0 Å². The second-order valence-corrected chi connectivity index (χ2v) is 12.4. The summed E-state index contributed by atoms with van der Waals surface area (Å²) < 4.78 is 12.0. The van der Waals surface area contributed by atoms with Crippen LogP contribution in [0, 0.1) is 0 Å². The zero-order chi connectivity index (χ0) is 24.9. The molecule has 182 valence electrons. The Bertz CT molecular complexity index is 1140. The summed E-state index contributed by atoms with van der Waals surface area (Å²) in [6.07, 6.45) is 5.82. The van der Waals surface area contributed by atoms with Gasteiger partial charge in [0.1, 0.15) is 17.1 Å². The first-order valence-electron chi connectivity index (χ1n) is 11.1. The molecule has 0 unspecified atom stereocenters. The van der Waals surface area contributed by atoms with Gasteiger partial charge in [0.05, 0.1) is 24.1 Å². The van der Waals surface area contributed by atoms with Crippen molar-refractivity contribution < 1.29 is 18.7 Å². The van der Waals surface area contributed by atoms with E-state index in [1.54, 1.807) is 42.5 Å². The highest BCUT2D eigenvalue weighted by Gasteiger charge is 2.20. The third-order valence-corrected chi connectivity index (χ3v) is 6.68. The normalized spacial score (nSPS) is 12.1. The molecule has 0 amide bonds. The van der Waals surface area contributed by atoms with Crippen LogP contribution < -0.4 is 0 Å². The minimum absolute atomic E-state index is 0.0735. The van der Waals surface area contributed by atoms with Crippen LogP contribution in [-0.4, -0.2) is 32.3 Å². The molecule has 9 heteroatoms. The van der Waals surface area contributed by atoms with E-state index in [0.717, 1.165) is 20.5 Å². The van der Waals surface area contributed by atoms with E-state index in [1.165, 1.54) is 11.3 Å². The maximum atomic E-state index is 12.6. The summed E-state index contributed by atoms with van der Waals surface area (Å²) in [6.45, 7) is 11.7. The lowest BCUT2D eigenvalue weighted by Gasteiger charge is -2.19. The monoisotopic (exact) mass is 501 g/mol. The van der Waals surface area contributed by atoms with Crippen LogP contribution in [0.25, 0.3) is 0 Å². The van der Waals surface area contributed by atoms with Crippen LogP contribution in [0.4, 0.5) is 0 Å². The molecule has 0 aliphatic rings. The first kappa shape index (κ1) is 26.1. The molecule has 3 aromatic rings. The highest BCUT2D eigenvalue weighted by molar-refractivity contribution is 8.00. The van der Waals surface area contributed by atoms with E-state index in [-0.39, 0.29) is 30.0 Å². The number of hydrogen-bond acceptors (Lipinski definition) is 9. The van der Waals surface area contributed by atoms with E-state index in [9.17, 15) is 9.59 Å². The van der Waals surface area contributed by atoms with Crippen molar-refractivity contribution >= 4 is 34.9 Å². The van der Waals surface area contributed by atoms with Gasteiger partial charge in [0.25, 0.3) is 0 Å². The molecule has 0 radical (unpaired) electrons. The Balaban J connectivity index is 1.50. The Morgan fingerprint density at radius 3 is 2.47 bits per heavy atom. The number of pyridine rings is 1. The summed E-state index contributed by atoms with van der Waals surface area (Å²) in [4.78, 5) is 38.6. The number of thiazole rings is 1. The Morgan fingerprint density at radius 2 is 1.79 bits per heavy atom. The van der Waals surface area contributed by atoms with Crippen molar-refractivity contribution in [2.45, 2.75) is 81.9 Å². The van der Waals surface area contributed by atoms with Crippen LogP contribution >= 0.6 is 23.1 Å². The molecule has 0 aliphatic heterocycles. The number of aromatic nitrogens is 3. The smallest absolute Gasteiger partial charge is 0.312 e. The number of oxazole rings is 1. The van der Waals surface area contributed by atoms with E-state index >= 15 is 0 Å². The Kier molecular flexibility index (Phi) is 8.30. The fourth-order valence-corrected chi connectivity index (χ4v) is 4.94. The predicted octanol–water partition coefficient (Wildman–Crippen LogP) is 5.35. The summed E-state index contributed by atoms with van der Waals surface area (Å²) in [7, 11) is 0. The molecular weight excluding hydrogens is 470 g/mol. The molecule has 3 rings (SSSR count). The molecule has 7 nitrogen and oxygen atoms in total. The number of ketones is 1. The van der Waals surface area contributed by atoms with Crippen LogP contribution in [0.1, 0.15) is 69.3 Å². The minimum Gasteiger partial charge on any atom is -0.460 e. The number of carbonyl (C=O) groups is 2. The van der Waals surface area contributed by atoms with Crippen molar-refractivity contribution in [3.8, 4) is 0 Å². The number of rotatable bonds is 9. The third-order valence-electron chi connectivity index (χ3n) is 4.54. The van der Waals surface area contributed by atoms with Crippen LogP contribution in [0.2, 0.25) is 0 Å². The van der Waals surface area contributed by atoms with E-state index < -0.39 is 5.60 Å². The maximum Gasteiger partial charge on any atom is 0.312 e. The number of Topliss-reactive ketones (excluding diaryl/α,β-unsaturated/α-hetero) is 1. The molecule has 0 aliphatic carbocycles. The molecule has 34 heavy (non-hydrogen) atoms. The van der Waals surface area contributed by atoms with Gasteiger partial charge in [-0.15, -0.1) is 11.3 Å². The van der Waals surface area contributed by atoms with Gasteiger partial charge >= 0.3 is 5.97 Å². The van der Waals surface area contributed by atoms with Crippen molar-refractivity contribution in [1.29, 1.82) is 0 Å². The van der Waals surface area contributed by atoms with Gasteiger partial charge in [-0.1, -0.05) is 32.5 Å². The van der Waals surface area contributed by atoms with Gasteiger partial charge in [0.2, 0.25) is 5.89 Å². The van der Waals surface area contributed by atoms with Crippen molar-refractivity contribution in [3.63, 3.8) is 0 Å². The van der Waals surface area contributed by atoms with E-state index in [1.807, 2.05) is 20.8 Å². The fraction of sp³-hybridized carbons (Fsp3) is 0.480. The van der Waals surface area contributed by atoms with Crippen LogP contribution in [0.5, 0.6) is 0 Å². The van der Waals surface area contributed by atoms with Crippen molar-refractivity contribution in [3.05, 3.63) is 58.5 Å². The summed E-state index contributed by atoms with van der Waals surface area (Å²) >= 11 is 3.06. The van der Waals surface area contributed by atoms with Gasteiger partial charge in [0.15, 0.2) is 4.34 Å². The second kappa shape index (κ2) is 10.8. The molecule has 0 atom stereocenters. The Labute approximate surface area is 208 Å². The van der Waals surface area contributed by atoms with Crippen LogP contribution in [0.3, 0.4) is 0 Å². The van der Waals surface area contributed by atoms with Gasteiger partial charge in [0, 0.05) is 35.5 Å². The predicted molar refractivity (Wildman–Crippen MR) is 133 cm³/mol. The largest absolute Gasteiger partial charge is 0.460 e. The lowest BCUT2D eigenvalue weighted by atomic mass is 9.94. The zero-order valence-corrected chi connectivity index (χ0v) is 22.1. The molecule has 0 fully saturated rings. The van der Waals surface area contributed by atoms with Gasteiger partial charge < -0.3 is 9.15 Å². The molecule has 0 saturated heterocycles. The quantitative estimate of drug-likeness (QED) is 0.286. The highest BCUT2D eigenvalue weighted by Crippen LogP contribution is 2.29. The first-order chi connectivity index (χ1) is 15.9. The van der Waals surface area contributed by atoms with Crippen LogP contribution in [-0.2, 0) is 44.8 Å².